The number of fused-ring (bicyclic) bond motifs is 1. The topological polar surface area (TPSA) is 81.9 Å². The zero-order valence-electron chi connectivity index (χ0n) is 13.1. The van der Waals surface area contributed by atoms with Crippen molar-refractivity contribution in [2.24, 2.45) is 11.7 Å². The molecule has 3 rings (SSSR count). The van der Waals surface area contributed by atoms with Crippen LogP contribution in [0.25, 0.3) is 6.08 Å². The van der Waals surface area contributed by atoms with E-state index in [2.05, 4.69) is 0 Å². The Morgan fingerprint density at radius 2 is 2.26 bits per heavy atom. The first kappa shape index (κ1) is 15.4. The smallest absolute Gasteiger partial charge is 0.253 e. The van der Waals surface area contributed by atoms with Crippen LogP contribution in [0.3, 0.4) is 0 Å². The van der Waals surface area contributed by atoms with E-state index in [0.29, 0.717) is 43.2 Å². The number of amides is 2. The maximum atomic E-state index is 12.6. The molecule has 0 unspecified atom stereocenters. The second-order valence-corrected chi connectivity index (χ2v) is 5.70. The molecule has 0 aliphatic carbocycles. The number of nitrogens with two attached hydrogens (primary N) is 1. The monoisotopic (exact) mass is 316 g/mol. The van der Waals surface area contributed by atoms with Crippen molar-refractivity contribution < 1.29 is 19.1 Å². The molecular weight excluding hydrogens is 296 g/mol. The summed E-state index contributed by atoms with van der Waals surface area (Å²) in [5, 5.41) is 0. The van der Waals surface area contributed by atoms with Gasteiger partial charge in [0.2, 0.25) is 5.91 Å². The van der Waals surface area contributed by atoms with Gasteiger partial charge < -0.3 is 20.1 Å². The average Bonchev–Trinajstić information content (AvgIpc) is 3.04. The lowest BCUT2D eigenvalue weighted by molar-refractivity contribution is -0.127. The van der Waals surface area contributed by atoms with Gasteiger partial charge in [-0.15, -0.1) is 0 Å². The predicted molar refractivity (Wildman–Crippen MR) is 85.0 cm³/mol. The Kier molecular flexibility index (Phi) is 4.23. The fourth-order valence-corrected chi connectivity index (χ4v) is 2.95. The Morgan fingerprint density at radius 1 is 1.43 bits per heavy atom. The number of nitrogens with zero attached hydrogens (tertiary/aromatic N) is 1. The summed E-state index contributed by atoms with van der Waals surface area (Å²) in [4.78, 5) is 25.5. The molecule has 122 valence electrons. The molecule has 1 fully saturated rings. The molecule has 23 heavy (non-hydrogen) atoms. The van der Waals surface area contributed by atoms with Gasteiger partial charge in [-0.05, 0) is 25.5 Å². The van der Waals surface area contributed by atoms with E-state index in [1.54, 1.807) is 4.90 Å². The Labute approximate surface area is 134 Å². The third kappa shape index (κ3) is 3.02. The summed E-state index contributed by atoms with van der Waals surface area (Å²) >= 11 is 0. The van der Waals surface area contributed by atoms with E-state index in [1.165, 1.54) is 0 Å². The number of ether oxygens (including phenoxy) is 2. The van der Waals surface area contributed by atoms with Crippen molar-refractivity contribution in [1.82, 2.24) is 4.90 Å². The minimum absolute atomic E-state index is 0.0961. The fraction of sp³-hybridized carbons (Fsp3) is 0.412. The first-order valence-corrected chi connectivity index (χ1v) is 7.78. The van der Waals surface area contributed by atoms with Crippen LogP contribution in [0.15, 0.2) is 23.8 Å². The Morgan fingerprint density at radius 3 is 2.96 bits per heavy atom. The molecule has 0 saturated carbocycles. The highest BCUT2D eigenvalue weighted by Crippen LogP contribution is 2.36. The predicted octanol–water partition coefficient (Wildman–Crippen LogP) is 1.19. The second-order valence-electron chi connectivity index (χ2n) is 5.70. The van der Waals surface area contributed by atoms with E-state index in [-0.39, 0.29) is 24.3 Å². The van der Waals surface area contributed by atoms with E-state index in [9.17, 15) is 9.59 Å². The minimum Gasteiger partial charge on any atom is -0.490 e. The van der Waals surface area contributed by atoms with Crippen molar-refractivity contribution in [2.45, 2.75) is 13.3 Å². The number of primary amides is 1. The SMILES string of the molecule is CCOc1cccc2c1OCC(C(=O)N1CC[C@@H](C(N)=O)C1)=C2. The van der Waals surface area contributed by atoms with Crippen LogP contribution in [-0.4, -0.2) is 43.0 Å². The Bertz CT molecular complexity index is 669. The highest BCUT2D eigenvalue weighted by molar-refractivity contribution is 5.99. The van der Waals surface area contributed by atoms with Crippen LogP contribution in [0.1, 0.15) is 18.9 Å². The van der Waals surface area contributed by atoms with Crippen LogP contribution in [0.4, 0.5) is 0 Å². The zero-order valence-corrected chi connectivity index (χ0v) is 13.1. The number of para-hydroxylation sites is 1. The number of carbonyl (C=O) groups is 2. The molecule has 6 heteroatoms. The van der Waals surface area contributed by atoms with Crippen LogP contribution in [0.5, 0.6) is 11.5 Å². The maximum absolute atomic E-state index is 12.6. The number of likely N-dealkylation sites (tertiary alicyclic amines) is 1. The van der Waals surface area contributed by atoms with E-state index in [0.717, 1.165) is 5.56 Å². The van der Waals surface area contributed by atoms with Crippen LogP contribution < -0.4 is 15.2 Å². The standard InChI is InChI=1S/C17H20N2O4/c1-2-22-14-5-3-4-11-8-13(10-23-15(11)14)17(21)19-7-6-12(9-19)16(18)20/h3-5,8,12H,2,6-7,9-10H2,1H3,(H2,18,20)/t12-/m1/s1. The van der Waals surface area contributed by atoms with Gasteiger partial charge in [0.15, 0.2) is 11.5 Å². The summed E-state index contributed by atoms with van der Waals surface area (Å²) in [6.45, 7) is 3.60. The van der Waals surface area contributed by atoms with Crippen LogP contribution in [-0.2, 0) is 9.59 Å². The van der Waals surface area contributed by atoms with E-state index in [4.69, 9.17) is 15.2 Å². The number of carbonyl (C=O) groups excluding carboxylic acids is 2. The average molecular weight is 316 g/mol. The molecule has 1 aromatic rings. The molecule has 0 radical (unpaired) electrons. The van der Waals surface area contributed by atoms with Crippen molar-refractivity contribution in [2.75, 3.05) is 26.3 Å². The van der Waals surface area contributed by atoms with Crippen molar-refractivity contribution in [3.05, 3.63) is 29.3 Å². The number of hydrogen-bond acceptors (Lipinski definition) is 4. The molecular formula is C17H20N2O4. The van der Waals surface area contributed by atoms with Gasteiger partial charge in [-0.1, -0.05) is 12.1 Å². The molecule has 0 aromatic heterocycles. The van der Waals surface area contributed by atoms with Crippen LogP contribution >= 0.6 is 0 Å². The van der Waals surface area contributed by atoms with Gasteiger partial charge in [0.05, 0.1) is 18.1 Å². The summed E-state index contributed by atoms with van der Waals surface area (Å²) in [5.41, 5.74) is 6.73. The largest absolute Gasteiger partial charge is 0.490 e. The summed E-state index contributed by atoms with van der Waals surface area (Å²) < 4.78 is 11.3. The molecule has 1 atom stereocenters. The highest BCUT2D eigenvalue weighted by Gasteiger charge is 2.32. The minimum atomic E-state index is -0.346. The van der Waals surface area contributed by atoms with Crippen molar-refractivity contribution >= 4 is 17.9 Å². The summed E-state index contributed by atoms with van der Waals surface area (Å²) in [6, 6.07) is 5.61. The second kappa shape index (κ2) is 6.32. The number of benzene rings is 1. The summed E-state index contributed by atoms with van der Waals surface area (Å²) in [5.74, 6) is 0.660. The molecule has 1 aromatic carbocycles. The highest BCUT2D eigenvalue weighted by atomic mass is 16.5. The fourth-order valence-electron chi connectivity index (χ4n) is 2.95. The third-order valence-corrected chi connectivity index (χ3v) is 4.16. The van der Waals surface area contributed by atoms with Gasteiger partial charge in [-0.25, -0.2) is 0 Å². The van der Waals surface area contributed by atoms with E-state index < -0.39 is 0 Å². The number of rotatable bonds is 4. The Hall–Kier alpha value is -2.50. The first-order valence-electron chi connectivity index (χ1n) is 7.78. The molecule has 1 saturated heterocycles. The van der Waals surface area contributed by atoms with Gasteiger partial charge in [-0.3, -0.25) is 9.59 Å². The number of hydrogen-bond donors (Lipinski definition) is 1. The van der Waals surface area contributed by atoms with E-state index in [1.807, 2.05) is 31.2 Å². The Balaban J connectivity index is 1.79. The first-order chi connectivity index (χ1) is 11.1. The van der Waals surface area contributed by atoms with Gasteiger partial charge in [-0.2, -0.15) is 0 Å². The molecule has 2 aliphatic heterocycles. The van der Waals surface area contributed by atoms with Crippen molar-refractivity contribution in [3.63, 3.8) is 0 Å². The molecule has 0 spiro atoms. The molecule has 6 nitrogen and oxygen atoms in total. The lowest BCUT2D eigenvalue weighted by Crippen LogP contribution is -2.34. The van der Waals surface area contributed by atoms with Gasteiger partial charge in [0.1, 0.15) is 6.61 Å². The van der Waals surface area contributed by atoms with Crippen LogP contribution in [0, 0.1) is 5.92 Å². The zero-order chi connectivity index (χ0) is 16.4. The molecule has 2 N–H and O–H groups in total. The lowest BCUT2D eigenvalue weighted by Gasteiger charge is -2.23. The molecule has 2 aliphatic rings. The van der Waals surface area contributed by atoms with Crippen molar-refractivity contribution in [3.8, 4) is 11.5 Å². The third-order valence-electron chi connectivity index (χ3n) is 4.16. The van der Waals surface area contributed by atoms with Gasteiger partial charge in [0.25, 0.3) is 5.91 Å². The van der Waals surface area contributed by atoms with E-state index >= 15 is 0 Å². The quantitative estimate of drug-likeness (QED) is 0.905. The molecule has 2 heterocycles. The van der Waals surface area contributed by atoms with Crippen molar-refractivity contribution in [1.29, 1.82) is 0 Å². The summed E-state index contributed by atoms with van der Waals surface area (Å²) in [7, 11) is 0. The summed E-state index contributed by atoms with van der Waals surface area (Å²) in [6.07, 6.45) is 2.46. The van der Waals surface area contributed by atoms with Crippen LogP contribution in [0.2, 0.25) is 0 Å². The molecule has 0 bridgehead atoms. The van der Waals surface area contributed by atoms with Gasteiger partial charge >= 0.3 is 0 Å². The molecule has 2 amide bonds. The van der Waals surface area contributed by atoms with Gasteiger partial charge in [0, 0.05) is 18.7 Å². The lowest BCUT2D eigenvalue weighted by atomic mass is 10.1. The maximum Gasteiger partial charge on any atom is 0.253 e. The normalized spacial score (nSPS) is 19.6.